The molecular formula is C14H14N3NaO5S. The molecule has 8 nitrogen and oxygen atoms in total. The van der Waals surface area contributed by atoms with E-state index in [-0.39, 0.29) is 41.9 Å². The number of amides is 1. The van der Waals surface area contributed by atoms with Crippen molar-refractivity contribution in [3.05, 3.63) is 47.7 Å². The van der Waals surface area contributed by atoms with Crippen LogP contribution >= 0.6 is 0 Å². The van der Waals surface area contributed by atoms with Gasteiger partial charge in [-0.25, -0.2) is 13.8 Å². The van der Waals surface area contributed by atoms with Crippen LogP contribution in [0.3, 0.4) is 0 Å². The zero-order valence-corrected chi connectivity index (χ0v) is 16.0. The van der Waals surface area contributed by atoms with Gasteiger partial charge in [0.25, 0.3) is 5.91 Å². The number of carbonyl (C=O) groups excluding carboxylic acids is 1. The molecule has 1 heterocycles. The number of nitrogens with zero attached hydrogens (tertiary/aromatic N) is 1. The van der Waals surface area contributed by atoms with E-state index in [1.165, 1.54) is 6.07 Å². The number of rotatable bonds is 6. The molecule has 0 atom stereocenters. The van der Waals surface area contributed by atoms with Crippen LogP contribution in [0.4, 0.5) is 5.69 Å². The molecule has 2 rings (SSSR count). The van der Waals surface area contributed by atoms with Crippen LogP contribution in [0.25, 0.3) is 0 Å². The Hall–Kier alpha value is -1.65. The number of hydrazone groups is 1. The summed E-state index contributed by atoms with van der Waals surface area (Å²) in [6.45, 7) is 1.97. The zero-order valence-electron chi connectivity index (χ0n) is 13.1. The second kappa shape index (κ2) is 9.00. The molecule has 1 aromatic heterocycles. The Morgan fingerprint density at radius 2 is 1.92 bits per heavy atom. The number of nitrogens with one attached hydrogen (secondary N) is 2. The molecule has 0 saturated heterocycles. The molecule has 2 aromatic rings. The first kappa shape index (κ1) is 20.4. The Morgan fingerprint density at radius 1 is 1.25 bits per heavy atom. The van der Waals surface area contributed by atoms with Crippen LogP contribution in [0.2, 0.25) is 0 Å². The summed E-state index contributed by atoms with van der Waals surface area (Å²) in [4.78, 5) is 11.6. The fourth-order valence-electron chi connectivity index (χ4n) is 1.60. The van der Waals surface area contributed by atoms with E-state index in [0.717, 1.165) is 23.5 Å². The molecule has 0 aliphatic heterocycles. The average molecular weight is 359 g/mol. The maximum atomic E-state index is 11.6. The number of hydrogen-bond donors (Lipinski definition) is 2. The van der Waals surface area contributed by atoms with Gasteiger partial charge >= 0.3 is 29.6 Å². The molecule has 0 saturated carbocycles. The zero-order chi connectivity index (χ0) is 16.9. The summed E-state index contributed by atoms with van der Waals surface area (Å²) >= 11 is 0. The van der Waals surface area contributed by atoms with Crippen molar-refractivity contribution in [2.75, 3.05) is 11.9 Å². The fourth-order valence-corrected chi connectivity index (χ4v) is 2.03. The van der Waals surface area contributed by atoms with Gasteiger partial charge in [-0.15, -0.1) is 0 Å². The smallest absolute Gasteiger partial charge is 0.742 e. The summed E-state index contributed by atoms with van der Waals surface area (Å²) in [7, 11) is -4.64. The Labute approximate surface area is 161 Å². The molecule has 0 radical (unpaired) electrons. The Balaban J connectivity index is 0.00000288. The van der Waals surface area contributed by atoms with Crippen molar-refractivity contribution in [1.29, 1.82) is 0 Å². The summed E-state index contributed by atoms with van der Waals surface area (Å²) < 4.78 is 36.8. The summed E-state index contributed by atoms with van der Waals surface area (Å²) in [5.74, 6) is -0.365. The van der Waals surface area contributed by atoms with E-state index in [9.17, 15) is 17.8 Å². The van der Waals surface area contributed by atoms with Crippen LogP contribution in [0, 0.1) is 6.92 Å². The van der Waals surface area contributed by atoms with E-state index in [1.54, 1.807) is 0 Å². The van der Waals surface area contributed by atoms with Gasteiger partial charge in [0.2, 0.25) is 5.09 Å². The number of carbonyl (C=O) groups is 1. The van der Waals surface area contributed by atoms with Crippen molar-refractivity contribution in [3.8, 4) is 0 Å². The van der Waals surface area contributed by atoms with Crippen molar-refractivity contribution in [2.24, 2.45) is 5.10 Å². The number of hydrogen-bond acceptors (Lipinski definition) is 7. The predicted octanol–water partition coefficient (Wildman–Crippen LogP) is -1.94. The van der Waals surface area contributed by atoms with Crippen molar-refractivity contribution in [3.63, 3.8) is 0 Å². The van der Waals surface area contributed by atoms with Crippen LogP contribution in [-0.4, -0.2) is 31.6 Å². The molecule has 0 fully saturated rings. The van der Waals surface area contributed by atoms with Gasteiger partial charge in [0.05, 0.1) is 12.8 Å². The molecule has 0 bridgehead atoms. The van der Waals surface area contributed by atoms with Gasteiger partial charge in [-0.2, -0.15) is 5.10 Å². The van der Waals surface area contributed by atoms with Crippen molar-refractivity contribution in [1.82, 2.24) is 5.43 Å². The van der Waals surface area contributed by atoms with Gasteiger partial charge < -0.3 is 14.3 Å². The molecule has 0 aliphatic carbocycles. The van der Waals surface area contributed by atoms with Crippen molar-refractivity contribution in [2.45, 2.75) is 12.0 Å². The quantitative estimate of drug-likeness (QED) is 0.268. The third-order valence-electron chi connectivity index (χ3n) is 2.73. The molecule has 0 spiro atoms. The van der Waals surface area contributed by atoms with E-state index in [4.69, 9.17) is 4.42 Å². The van der Waals surface area contributed by atoms with E-state index in [2.05, 4.69) is 15.8 Å². The normalized spacial score (nSPS) is 11.1. The SMILES string of the molecule is Cc1ccc(NCC(=O)NN=Cc2ccc(S(=O)(=O)[O-])o2)cc1.[Na+]. The van der Waals surface area contributed by atoms with E-state index < -0.39 is 21.1 Å². The van der Waals surface area contributed by atoms with Gasteiger partial charge in [-0.1, -0.05) is 17.7 Å². The van der Waals surface area contributed by atoms with E-state index in [0.29, 0.717) is 0 Å². The van der Waals surface area contributed by atoms with Crippen LogP contribution in [0.15, 0.2) is 51.0 Å². The Kier molecular flexibility index (Phi) is 7.64. The van der Waals surface area contributed by atoms with Gasteiger partial charge in [0.1, 0.15) is 5.76 Å². The maximum Gasteiger partial charge on any atom is 1.00 e. The van der Waals surface area contributed by atoms with Gasteiger partial charge in [0.15, 0.2) is 10.1 Å². The van der Waals surface area contributed by atoms with Crippen LogP contribution < -0.4 is 40.3 Å². The Bertz CT molecular complexity index is 815. The first-order valence-corrected chi connectivity index (χ1v) is 7.93. The van der Waals surface area contributed by atoms with Crippen LogP contribution in [-0.2, 0) is 14.9 Å². The third-order valence-corrected chi connectivity index (χ3v) is 3.45. The number of benzene rings is 1. The average Bonchev–Trinajstić information content (AvgIpc) is 2.96. The molecule has 2 N–H and O–H groups in total. The first-order valence-electron chi connectivity index (χ1n) is 6.53. The molecule has 24 heavy (non-hydrogen) atoms. The predicted molar refractivity (Wildman–Crippen MR) is 82.1 cm³/mol. The van der Waals surface area contributed by atoms with Crippen molar-refractivity contribution >= 4 is 27.9 Å². The summed E-state index contributed by atoms with van der Waals surface area (Å²) in [6.07, 6.45) is 1.10. The molecule has 1 aromatic carbocycles. The van der Waals surface area contributed by atoms with Crippen molar-refractivity contribution < 1.29 is 51.7 Å². The standard InChI is InChI=1S/C14H15N3O5S.Na/c1-10-2-4-11(5-3-10)15-9-13(18)17-16-8-12-6-7-14(22-12)23(19,20)21;/h2-8,15H,9H2,1H3,(H,17,18)(H,19,20,21);/q;+1/p-1. The largest absolute Gasteiger partial charge is 1.00 e. The number of anilines is 1. The second-order valence-corrected chi connectivity index (χ2v) is 5.93. The summed E-state index contributed by atoms with van der Waals surface area (Å²) in [6, 6.07) is 9.79. The minimum atomic E-state index is -4.64. The molecular weight excluding hydrogens is 345 g/mol. The molecule has 122 valence electrons. The van der Waals surface area contributed by atoms with E-state index in [1.807, 2.05) is 31.2 Å². The topological polar surface area (TPSA) is 124 Å². The van der Waals surface area contributed by atoms with E-state index >= 15 is 0 Å². The van der Waals surface area contributed by atoms with Gasteiger partial charge in [-0.3, -0.25) is 4.79 Å². The Morgan fingerprint density at radius 3 is 2.50 bits per heavy atom. The molecule has 1 amide bonds. The first-order chi connectivity index (χ1) is 10.8. The summed E-state index contributed by atoms with van der Waals surface area (Å²) in [5.41, 5.74) is 4.15. The number of aryl methyl sites for hydroxylation is 1. The van der Waals surface area contributed by atoms with Crippen LogP contribution in [0.5, 0.6) is 0 Å². The monoisotopic (exact) mass is 359 g/mol. The maximum absolute atomic E-state index is 11.6. The van der Waals surface area contributed by atoms with Gasteiger partial charge in [0, 0.05) is 5.69 Å². The number of furan rings is 1. The molecule has 0 aliphatic rings. The summed E-state index contributed by atoms with van der Waals surface area (Å²) in [5, 5.41) is 5.82. The van der Waals surface area contributed by atoms with Gasteiger partial charge in [-0.05, 0) is 31.2 Å². The molecule has 10 heteroatoms. The molecule has 0 unspecified atom stereocenters. The van der Waals surface area contributed by atoms with Crippen LogP contribution in [0.1, 0.15) is 11.3 Å². The minimum Gasteiger partial charge on any atom is -0.742 e. The minimum absolute atomic E-state index is 0. The fraction of sp³-hybridized carbons (Fsp3) is 0.143. The third kappa shape index (κ3) is 6.46. The second-order valence-electron chi connectivity index (χ2n) is 4.62.